The predicted molar refractivity (Wildman–Crippen MR) is 150 cm³/mol. The van der Waals surface area contributed by atoms with E-state index in [9.17, 15) is 9.59 Å². The number of benzene rings is 3. The molecule has 6 nitrogen and oxygen atoms in total. The standard InChI is InChI=1S/C29H25BrN2O4S/c1-4-35-23-15-12-19(21-8-6-7-9-22(21)23)16-24-27(33)32-26(18-10-13-20(30)14-11-18)25(28(34)36-5-2)17(3)31-29(32)37-24/h6-16,26H,4-5H2,1-3H3/b24-16-. The molecule has 0 amide bonds. The molecule has 188 valence electrons. The molecule has 4 aromatic rings. The first-order chi connectivity index (χ1) is 17.9. The van der Waals surface area contributed by atoms with Gasteiger partial charge < -0.3 is 9.47 Å². The van der Waals surface area contributed by atoms with Crippen LogP contribution in [0.1, 0.15) is 37.9 Å². The van der Waals surface area contributed by atoms with E-state index in [1.54, 1.807) is 18.4 Å². The zero-order valence-electron chi connectivity index (χ0n) is 20.7. The molecule has 3 aromatic carbocycles. The van der Waals surface area contributed by atoms with E-state index in [1.807, 2.05) is 73.7 Å². The molecule has 5 rings (SSSR count). The molecule has 2 heterocycles. The average Bonchev–Trinajstić information content (AvgIpc) is 3.19. The number of carbonyl (C=O) groups is 1. The minimum Gasteiger partial charge on any atom is -0.493 e. The highest BCUT2D eigenvalue weighted by Gasteiger charge is 2.33. The number of hydrogen-bond acceptors (Lipinski definition) is 6. The number of halogens is 1. The summed E-state index contributed by atoms with van der Waals surface area (Å²) in [6, 6.07) is 18.9. The fraction of sp³-hybridized carbons (Fsp3) is 0.207. The lowest BCUT2D eigenvalue weighted by molar-refractivity contribution is -0.139. The first kappa shape index (κ1) is 25.2. The highest BCUT2D eigenvalue weighted by atomic mass is 79.9. The van der Waals surface area contributed by atoms with Crippen molar-refractivity contribution in [1.29, 1.82) is 0 Å². The van der Waals surface area contributed by atoms with Crippen molar-refractivity contribution < 1.29 is 14.3 Å². The van der Waals surface area contributed by atoms with E-state index in [2.05, 4.69) is 20.9 Å². The fourth-order valence-electron chi connectivity index (χ4n) is 4.60. The van der Waals surface area contributed by atoms with Crippen LogP contribution in [0.2, 0.25) is 0 Å². The van der Waals surface area contributed by atoms with Crippen LogP contribution in [0.5, 0.6) is 5.75 Å². The molecule has 1 aliphatic heterocycles. The van der Waals surface area contributed by atoms with Crippen LogP contribution in [0.4, 0.5) is 0 Å². The van der Waals surface area contributed by atoms with E-state index < -0.39 is 12.0 Å². The van der Waals surface area contributed by atoms with Crippen LogP contribution in [0.3, 0.4) is 0 Å². The molecule has 1 unspecified atom stereocenters. The van der Waals surface area contributed by atoms with Crippen LogP contribution in [-0.2, 0) is 9.53 Å². The lowest BCUT2D eigenvalue weighted by Gasteiger charge is -2.24. The minimum absolute atomic E-state index is 0.205. The Morgan fingerprint density at radius 2 is 1.78 bits per heavy atom. The second kappa shape index (κ2) is 10.5. The lowest BCUT2D eigenvalue weighted by Crippen LogP contribution is -2.39. The second-order valence-electron chi connectivity index (χ2n) is 8.49. The third-order valence-electron chi connectivity index (χ3n) is 6.21. The predicted octanol–water partition coefficient (Wildman–Crippen LogP) is 5.11. The number of nitrogens with zero attached hydrogens (tertiary/aromatic N) is 2. The molecule has 1 atom stereocenters. The van der Waals surface area contributed by atoms with Gasteiger partial charge in [-0.2, -0.15) is 0 Å². The molecular weight excluding hydrogens is 552 g/mol. The molecule has 0 fully saturated rings. The molecule has 0 spiro atoms. The Hall–Kier alpha value is -3.49. The van der Waals surface area contributed by atoms with Gasteiger partial charge in [-0.15, -0.1) is 0 Å². The largest absolute Gasteiger partial charge is 0.493 e. The van der Waals surface area contributed by atoms with Crippen LogP contribution in [-0.4, -0.2) is 23.8 Å². The van der Waals surface area contributed by atoms with Crippen molar-refractivity contribution in [3.63, 3.8) is 0 Å². The zero-order valence-corrected chi connectivity index (χ0v) is 23.1. The Morgan fingerprint density at radius 3 is 2.49 bits per heavy atom. The Labute approximate surface area is 226 Å². The summed E-state index contributed by atoms with van der Waals surface area (Å²) >= 11 is 4.78. The van der Waals surface area contributed by atoms with Gasteiger partial charge in [-0.05, 0) is 61.6 Å². The van der Waals surface area contributed by atoms with Gasteiger partial charge in [0.1, 0.15) is 5.75 Å². The van der Waals surface area contributed by atoms with Gasteiger partial charge in [0.2, 0.25) is 0 Å². The quantitative estimate of drug-likeness (QED) is 0.299. The van der Waals surface area contributed by atoms with Crippen LogP contribution in [0.25, 0.3) is 16.8 Å². The number of fused-ring (bicyclic) bond motifs is 2. The second-order valence-corrected chi connectivity index (χ2v) is 10.4. The monoisotopic (exact) mass is 576 g/mol. The first-order valence-corrected chi connectivity index (χ1v) is 13.6. The van der Waals surface area contributed by atoms with Gasteiger partial charge in [0.25, 0.3) is 5.56 Å². The van der Waals surface area contributed by atoms with Gasteiger partial charge >= 0.3 is 5.97 Å². The molecule has 0 saturated heterocycles. The Balaban J connectivity index is 1.73. The van der Waals surface area contributed by atoms with Gasteiger partial charge in [0.05, 0.1) is 35.1 Å². The maximum atomic E-state index is 13.9. The highest BCUT2D eigenvalue weighted by molar-refractivity contribution is 9.10. The van der Waals surface area contributed by atoms with Gasteiger partial charge in [-0.25, -0.2) is 9.79 Å². The van der Waals surface area contributed by atoms with Gasteiger partial charge in [-0.3, -0.25) is 9.36 Å². The summed E-state index contributed by atoms with van der Waals surface area (Å²) < 4.78 is 14.2. The third-order valence-corrected chi connectivity index (χ3v) is 7.72. The Kier molecular flexibility index (Phi) is 7.13. The molecule has 1 aromatic heterocycles. The zero-order chi connectivity index (χ0) is 26.1. The van der Waals surface area contributed by atoms with Crippen molar-refractivity contribution in [2.45, 2.75) is 26.8 Å². The number of thiazole rings is 1. The van der Waals surface area contributed by atoms with Crippen LogP contribution >= 0.6 is 27.3 Å². The summed E-state index contributed by atoms with van der Waals surface area (Å²) in [7, 11) is 0. The van der Waals surface area contributed by atoms with Crippen molar-refractivity contribution in [1.82, 2.24) is 4.57 Å². The number of allylic oxidation sites excluding steroid dienone is 1. The number of hydrogen-bond donors (Lipinski definition) is 0. The van der Waals surface area contributed by atoms with Crippen molar-refractivity contribution in [2.24, 2.45) is 4.99 Å². The summed E-state index contributed by atoms with van der Waals surface area (Å²) in [6.45, 7) is 6.31. The topological polar surface area (TPSA) is 69.9 Å². The SMILES string of the molecule is CCOC(=O)C1=C(C)N=c2s/c(=C\c3ccc(OCC)c4ccccc34)c(=O)n2C1c1ccc(Br)cc1. The molecule has 0 bridgehead atoms. The number of aromatic nitrogens is 1. The van der Waals surface area contributed by atoms with Crippen molar-refractivity contribution in [2.75, 3.05) is 13.2 Å². The Morgan fingerprint density at radius 1 is 1.05 bits per heavy atom. The summed E-state index contributed by atoms with van der Waals surface area (Å²) in [4.78, 5) is 32.1. The lowest BCUT2D eigenvalue weighted by atomic mass is 9.96. The number of esters is 1. The summed E-state index contributed by atoms with van der Waals surface area (Å²) in [5.74, 6) is 0.338. The molecule has 1 aliphatic rings. The average molecular weight is 578 g/mol. The highest BCUT2D eigenvalue weighted by Crippen LogP contribution is 2.32. The smallest absolute Gasteiger partial charge is 0.338 e. The number of rotatable bonds is 6. The molecule has 0 N–H and O–H groups in total. The van der Waals surface area contributed by atoms with Crippen LogP contribution in [0, 0.1) is 0 Å². The van der Waals surface area contributed by atoms with Crippen LogP contribution < -0.4 is 19.6 Å². The van der Waals surface area contributed by atoms with Crippen molar-refractivity contribution in [3.05, 3.63) is 107 Å². The molecule has 8 heteroatoms. The minimum atomic E-state index is -0.636. The van der Waals surface area contributed by atoms with E-state index in [1.165, 1.54) is 11.3 Å². The van der Waals surface area contributed by atoms with Crippen LogP contribution in [0.15, 0.2) is 86.2 Å². The molecule has 0 aliphatic carbocycles. The fourth-order valence-corrected chi connectivity index (χ4v) is 5.90. The number of ether oxygens (including phenoxy) is 2. The third kappa shape index (κ3) is 4.67. The molecule has 37 heavy (non-hydrogen) atoms. The maximum Gasteiger partial charge on any atom is 0.338 e. The van der Waals surface area contributed by atoms with Crippen molar-refractivity contribution in [3.8, 4) is 5.75 Å². The van der Waals surface area contributed by atoms with E-state index in [0.29, 0.717) is 27.2 Å². The van der Waals surface area contributed by atoms with Gasteiger partial charge in [0, 0.05) is 9.86 Å². The van der Waals surface area contributed by atoms with E-state index in [4.69, 9.17) is 9.47 Å². The normalized spacial score (nSPS) is 15.5. The van der Waals surface area contributed by atoms with Gasteiger partial charge in [0.15, 0.2) is 4.80 Å². The van der Waals surface area contributed by atoms with Crippen molar-refractivity contribution >= 4 is 50.1 Å². The van der Waals surface area contributed by atoms with E-state index >= 15 is 0 Å². The number of carbonyl (C=O) groups excluding carboxylic acids is 1. The first-order valence-electron chi connectivity index (χ1n) is 12.0. The molecular formula is C29H25BrN2O4S. The summed E-state index contributed by atoms with van der Waals surface area (Å²) in [6.07, 6.45) is 1.89. The maximum absolute atomic E-state index is 13.9. The van der Waals surface area contributed by atoms with E-state index in [0.717, 1.165) is 32.1 Å². The van der Waals surface area contributed by atoms with E-state index in [-0.39, 0.29) is 12.2 Å². The Bertz CT molecular complexity index is 1720. The molecule has 0 radical (unpaired) electrons. The van der Waals surface area contributed by atoms with Gasteiger partial charge in [-0.1, -0.05) is 69.7 Å². The summed E-state index contributed by atoms with van der Waals surface area (Å²) in [5, 5.41) is 1.98. The summed E-state index contributed by atoms with van der Waals surface area (Å²) in [5.41, 5.74) is 2.43. The molecule has 0 saturated carbocycles.